The molecule has 1 aliphatic rings. The first-order valence-electron chi connectivity index (χ1n) is 8.03. The van der Waals surface area contributed by atoms with E-state index in [-0.39, 0.29) is 5.91 Å². The van der Waals surface area contributed by atoms with Gasteiger partial charge in [-0.25, -0.2) is 4.98 Å². The van der Waals surface area contributed by atoms with Crippen LogP contribution in [0.4, 0.5) is 11.6 Å². The first kappa shape index (κ1) is 15.1. The van der Waals surface area contributed by atoms with Gasteiger partial charge in [-0.15, -0.1) is 11.3 Å². The molecule has 24 heavy (non-hydrogen) atoms. The fourth-order valence-electron chi connectivity index (χ4n) is 2.59. The molecule has 0 spiro atoms. The Kier molecular flexibility index (Phi) is 3.68. The molecular weight excluding hydrogens is 326 g/mol. The molecule has 0 radical (unpaired) electrons. The zero-order valence-electron chi connectivity index (χ0n) is 13.3. The van der Waals surface area contributed by atoms with Gasteiger partial charge in [0, 0.05) is 23.9 Å². The third-order valence-electron chi connectivity index (χ3n) is 4.00. The summed E-state index contributed by atoms with van der Waals surface area (Å²) in [6, 6.07) is 4.30. The number of carbonyl (C=O) groups is 1. The van der Waals surface area contributed by atoms with Crippen LogP contribution in [0.5, 0.6) is 0 Å². The van der Waals surface area contributed by atoms with Crippen LogP contribution in [0.15, 0.2) is 22.9 Å². The highest BCUT2D eigenvalue weighted by atomic mass is 32.1. The smallest absolute Gasteiger partial charge is 0.302 e. The van der Waals surface area contributed by atoms with E-state index >= 15 is 0 Å². The molecule has 3 N–H and O–H groups in total. The minimum atomic E-state index is -0.299. The van der Waals surface area contributed by atoms with Crippen LogP contribution in [0.1, 0.15) is 47.6 Å². The van der Waals surface area contributed by atoms with Crippen molar-refractivity contribution in [3.8, 4) is 0 Å². The molecule has 3 aromatic heterocycles. The first-order valence-corrected chi connectivity index (χ1v) is 8.84. The van der Waals surface area contributed by atoms with Gasteiger partial charge in [-0.3, -0.25) is 14.6 Å². The monoisotopic (exact) mass is 344 g/mol. The second-order valence-corrected chi connectivity index (χ2v) is 6.98. The van der Waals surface area contributed by atoms with Crippen molar-refractivity contribution in [3.05, 3.63) is 28.9 Å². The van der Waals surface area contributed by atoms with Crippen molar-refractivity contribution in [1.29, 1.82) is 0 Å². The highest BCUT2D eigenvalue weighted by Crippen LogP contribution is 2.33. The van der Waals surface area contributed by atoms with E-state index < -0.39 is 0 Å². The number of fused-ring (bicyclic) bond motifs is 1. The van der Waals surface area contributed by atoms with Crippen molar-refractivity contribution in [3.63, 3.8) is 0 Å². The Balaban J connectivity index is 1.59. The predicted octanol–water partition coefficient (Wildman–Crippen LogP) is 2.69. The molecule has 3 heterocycles. The molecule has 1 saturated carbocycles. The summed E-state index contributed by atoms with van der Waals surface area (Å²) in [5.41, 5.74) is 7.61. The molecule has 4 rings (SSSR count). The molecular formula is C16H18N5O2S+. The van der Waals surface area contributed by atoms with E-state index in [2.05, 4.69) is 22.5 Å². The number of carbonyl (C=O) groups excluding carboxylic acids is 1. The van der Waals surface area contributed by atoms with Crippen molar-refractivity contribution >= 4 is 39.0 Å². The Bertz CT molecular complexity index is 912. The minimum absolute atomic E-state index is 0.299. The number of nitrogen functional groups attached to an aromatic ring is 1. The zero-order chi connectivity index (χ0) is 16.7. The van der Waals surface area contributed by atoms with E-state index in [4.69, 9.17) is 10.3 Å². The largest absolute Gasteiger partial charge is 0.397 e. The van der Waals surface area contributed by atoms with Gasteiger partial charge in [0.05, 0.1) is 5.69 Å². The summed E-state index contributed by atoms with van der Waals surface area (Å²) in [5, 5.41) is 7.44. The average Bonchev–Trinajstić information content (AvgIpc) is 3.23. The van der Waals surface area contributed by atoms with Crippen molar-refractivity contribution < 1.29 is 14.0 Å². The zero-order valence-corrected chi connectivity index (χ0v) is 14.1. The van der Waals surface area contributed by atoms with E-state index in [9.17, 15) is 4.79 Å². The molecule has 0 atom stereocenters. The SMILES string of the molecule is CCCc1ccc2c(N)c(C(=O)Nc3c[n+](C4CC4)no3)sc2n1. The van der Waals surface area contributed by atoms with Crippen LogP contribution in [0.2, 0.25) is 0 Å². The maximum absolute atomic E-state index is 12.5. The maximum Gasteiger partial charge on any atom is 0.302 e. The van der Waals surface area contributed by atoms with E-state index in [0.717, 1.165) is 41.6 Å². The summed E-state index contributed by atoms with van der Waals surface area (Å²) >= 11 is 1.30. The number of hydrogen-bond acceptors (Lipinski definition) is 6. The molecule has 8 heteroatoms. The summed E-state index contributed by atoms with van der Waals surface area (Å²) in [6.07, 6.45) is 5.84. The summed E-state index contributed by atoms with van der Waals surface area (Å²) < 4.78 is 6.89. The summed E-state index contributed by atoms with van der Waals surface area (Å²) in [7, 11) is 0. The van der Waals surface area contributed by atoms with E-state index in [1.54, 1.807) is 10.9 Å². The van der Waals surface area contributed by atoms with Gasteiger partial charge in [0.1, 0.15) is 9.71 Å². The van der Waals surface area contributed by atoms with Crippen LogP contribution >= 0.6 is 11.3 Å². The lowest BCUT2D eigenvalue weighted by molar-refractivity contribution is -0.765. The third-order valence-corrected chi connectivity index (χ3v) is 5.12. The summed E-state index contributed by atoms with van der Waals surface area (Å²) in [6.45, 7) is 2.11. The Morgan fingerprint density at radius 3 is 3.08 bits per heavy atom. The van der Waals surface area contributed by atoms with Gasteiger partial charge in [0.25, 0.3) is 12.1 Å². The Morgan fingerprint density at radius 1 is 1.50 bits per heavy atom. The number of aromatic nitrogens is 3. The Hall–Kier alpha value is -2.48. The quantitative estimate of drug-likeness (QED) is 0.694. The molecule has 1 amide bonds. The van der Waals surface area contributed by atoms with E-state index in [1.165, 1.54) is 11.3 Å². The lowest BCUT2D eigenvalue weighted by Gasteiger charge is -1.98. The maximum atomic E-state index is 12.5. The lowest BCUT2D eigenvalue weighted by atomic mass is 10.2. The molecule has 0 aromatic carbocycles. The number of pyridine rings is 1. The number of nitrogens with one attached hydrogen (secondary N) is 1. The molecule has 1 aliphatic carbocycles. The standard InChI is InChI=1S/C16H17N5O2S/c1-2-3-9-4-7-11-13(17)14(24-16(11)18-9)15(22)19-12-8-21(20-23-12)10-5-6-10/h4,7-8,10H,2-3,5-6H2,1H3,(H2-,17,19,20,22)/p+1. The van der Waals surface area contributed by atoms with Gasteiger partial charge >= 0.3 is 5.88 Å². The first-order chi connectivity index (χ1) is 11.7. The fourth-order valence-corrected chi connectivity index (χ4v) is 3.60. The van der Waals surface area contributed by atoms with Crippen molar-refractivity contribution in [2.24, 2.45) is 0 Å². The topological polar surface area (TPSA) is 97.9 Å². The molecule has 0 unspecified atom stereocenters. The van der Waals surface area contributed by atoms with Crippen LogP contribution < -0.4 is 15.7 Å². The Labute approximate surface area is 142 Å². The van der Waals surface area contributed by atoms with Crippen molar-refractivity contribution in [2.45, 2.75) is 38.6 Å². The van der Waals surface area contributed by atoms with Gasteiger partial charge < -0.3 is 5.73 Å². The average molecular weight is 344 g/mol. The highest BCUT2D eigenvalue weighted by Gasteiger charge is 2.36. The van der Waals surface area contributed by atoms with Crippen LogP contribution in [0.25, 0.3) is 10.2 Å². The summed E-state index contributed by atoms with van der Waals surface area (Å²) in [5.74, 6) is 0.0232. The molecule has 0 aliphatic heterocycles. The van der Waals surface area contributed by atoms with E-state index in [1.807, 2.05) is 12.1 Å². The van der Waals surface area contributed by atoms with Crippen LogP contribution in [-0.4, -0.2) is 16.2 Å². The fraction of sp³-hybridized carbons (Fsp3) is 0.375. The second-order valence-electron chi connectivity index (χ2n) is 5.98. The molecule has 7 nitrogen and oxygen atoms in total. The number of aryl methyl sites for hydroxylation is 1. The van der Waals surface area contributed by atoms with Gasteiger partial charge in [-0.2, -0.15) is 0 Å². The van der Waals surface area contributed by atoms with E-state index in [0.29, 0.717) is 22.5 Å². The second kappa shape index (κ2) is 5.86. The highest BCUT2D eigenvalue weighted by molar-refractivity contribution is 7.21. The third kappa shape index (κ3) is 2.73. The lowest BCUT2D eigenvalue weighted by Crippen LogP contribution is -2.32. The normalized spacial score (nSPS) is 14.2. The molecule has 0 bridgehead atoms. The number of thiophene rings is 1. The van der Waals surface area contributed by atoms with Gasteiger partial charge in [-0.05, 0) is 23.2 Å². The predicted molar refractivity (Wildman–Crippen MR) is 90.9 cm³/mol. The molecule has 0 saturated heterocycles. The number of hydrogen-bond donors (Lipinski definition) is 2. The van der Waals surface area contributed by atoms with Crippen LogP contribution in [0.3, 0.4) is 0 Å². The number of amides is 1. The van der Waals surface area contributed by atoms with Crippen molar-refractivity contribution in [1.82, 2.24) is 10.3 Å². The minimum Gasteiger partial charge on any atom is -0.397 e. The number of rotatable bonds is 5. The van der Waals surface area contributed by atoms with Gasteiger partial charge in [-0.1, -0.05) is 13.3 Å². The number of nitrogens with zero attached hydrogens (tertiary/aromatic N) is 3. The van der Waals surface area contributed by atoms with Gasteiger partial charge in [0.2, 0.25) is 5.27 Å². The van der Waals surface area contributed by atoms with Crippen LogP contribution in [0, 0.1) is 0 Å². The number of anilines is 2. The molecule has 3 aromatic rings. The van der Waals surface area contributed by atoms with Crippen LogP contribution in [-0.2, 0) is 6.42 Å². The molecule has 1 fully saturated rings. The summed E-state index contributed by atoms with van der Waals surface area (Å²) in [4.78, 5) is 18.3. The van der Waals surface area contributed by atoms with Crippen molar-refractivity contribution in [2.75, 3.05) is 11.1 Å². The van der Waals surface area contributed by atoms with Gasteiger partial charge in [0.15, 0.2) is 6.04 Å². The number of nitrogens with two attached hydrogens (primary N) is 1. The Morgan fingerprint density at radius 2 is 2.33 bits per heavy atom. The molecule has 124 valence electrons.